The summed E-state index contributed by atoms with van der Waals surface area (Å²) >= 11 is 0. The van der Waals surface area contributed by atoms with Gasteiger partial charge in [-0.15, -0.1) is 11.8 Å². The van der Waals surface area contributed by atoms with E-state index in [0.29, 0.717) is 18.9 Å². The minimum Gasteiger partial charge on any atom is -0.309 e. The number of hydrogen-bond donors (Lipinski definition) is 1. The van der Waals surface area contributed by atoms with Crippen molar-refractivity contribution in [2.45, 2.75) is 51.5 Å². The third kappa shape index (κ3) is 2.10. The number of hydrogen-bond acceptors (Lipinski definition) is 2. The van der Waals surface area contributed by atoms with Crippen LogP contribution in [0.1, 0.15) is 46.0 Å². The molecule has 2 rings (SSSR count). The first-order valence-corrected chi connectivity index (χ1v) is 6.63. The van der Waals surface area contributed by atoms with Crippen molar-refractivity contribution in [3.63, 3.8) is 0 Å². The lowest BCUT2D eigenvalue weighted by atomic mass is 9.76. The number of amides is 3. The first-order valence-electron chi connectivity index (χ1n) is 6.63. The molecular weight excluding hydrogens is 228 g/mol. The van der Waals surface area contributed by atoms with Crippen LogP contribution in [-0.4, -0.2) is 28.9 Å². The smallest absolute Gasteiger partial charge is 0.309 e. The maximum Gasteiger partial charge on any atom is 0.325 e. The third-order valence-electron chi connectivity index (χ3n) is 4.14. The molecule has 3 amide bonds. The van der Waals surface area contributed by atoms with E-state index in [1.54, 1.807) is 11.8 Å². The Balaban J connectivity index is 2.15. The quantitative estimate of drug-likeness (QED) is 0.599. The summed E-state index contributed by atoms with van der Waals surface area (Å²) in [4.78, 5) is 25.7. The molecular formula is C14H20N2O2. The molecule has 1 saturated carbocycles. The molecule has 1 heterocycles. The molecule has 0 aromatic rings. The molecule has 2 fully saturated rings. The van der Waals surface area contributed by atoms with Crippen molar-refractivity contribution in [3.05, 3.63) is 0 Å². The second-order valence-corrected chi connectivity index (χ2v) is 5.30. The van der Waals surface area contributed by atoms with Gasteiger partial charge in [-0.05, 0) is 38.5 Å². The zero-order valence-electron chi connectivity index (χ0n) is 11.1. The summed E-state index contributed by atoms with van der Waals surface area (Å²) in [5.74, 6) is 6.32. The highest BCUT2D eigenvalue weighted by Gasteiger charge is 2.53. The molecule has 98 valence electrons. The Hall–Kier alpha value is -1.50. The molecule has 0 atom stereocenters. The summed E-state index contributed by atoms with van der Waals surface area (Å²) in [5.41, 5.74) is -0.584. The van der Waals surface area contributed by atoms with Crippen LogP contribution < -0.4 is 5.32 Å². The van der Waals surface area contributed by atoms with Gasteiger partial charge in [-0.2, -0.15) is 0 Å². The standard InChI is InChI=1S/C14H20N2O2/c1-3-4-5-10-16-13(18)15-12(17)14(16)8-6-11(2)7-9-14/h11H,5-10H2,1-2H3,(H,15,17,18). The summed E-state index contributed by atoms with van der Waals surface area (Å²) in [7, 11) is 0. The molecule has 4 heteroatoms. The van der Waals surface area contributed by atoms with Crippen molar-refractivity contribution in [2.75, 3.05) is 6.54 Å². The van der Waals surface area contributed by atoms with Crippen molar-refractivity contribution in [1.29, 1.82) is 0 Å². The maximum absolute atomic E-state index is 12.1. The first kappa shape index (κ1) is 12.9. The van der Waals surface area contributed by atoms with Crippen LogP contribution >= 0.6 is 0 Å². The lowest BCUT2D eigenvalue weighted by Gasteiger charge is -2.39. The predicted molar refractivity (Wildman–Crippen MR) is 68.7 cm³/mol. The van der Waals surface area contributed by atoms with Crippen LogP contribution in [0.3, 0.4) is 0 Å². The zero-order chi connectivity index (χ0) is 13.2. The van der Waals surface area contributed by atoms with Gasteiger partial charge in [0.25, 0.3) is 5.91 Å². The topological polar surface area (TPSA) is 49.4 Å². The van der Waals surface area contributed by atoms with E-state index in [-0.39, 0.29) is 11.9 Å². The molecule has 0 aromatic carbocycles. The van der Waals surface area contributed by atoms with Crippen LogP contribution in [0.2, 0.25) is 0 Å². The Morgan fingerprint density at radius 2 is 2.06 bits per heavy atom. The van der Waals surface area contributed by atoms with Gasteiger partial charge in [0.1, 0.15) is 5.54 Å². The largest absolute Gasteiger partial charge is 0.325 e. The van der Waals surface area contributed by atoms with Gasteiger partial charge in [0, 0.05) is 13.0 Å². The highest BCUT2D eigenvalue weighted by Crippen LogP contribution is 2.39. The van der Waals surface area contributed by atoms with Crippen molar-refractivity contribution < 1.29 is 9.59 Å². The fraction of sp³-hybridized carbons (Fsp3) is 0.714. The predicted octanol–water partition coefficient (Wildman–Crippen LogP) is 1.90. The zero-order valence-corrected chi connectivity index (χ0v) is 11.1. The molecule has 1 aliphatic carbocycles. The van der Waals surface area contributed by atoms with Gasteiger partial charge in [0.15, 0.2) is 0 Å². The van der Waals surface area contributed by atoms with Crippen molar-refractivity contribution in [3.8, 4) is 11.8 Å². The molecule has 18 heavy (non-hydrogen) atoms. The van der Waals surface area contributed by atoms with Crippen LogP contribution in [0.5, 0.6) is 0 Å². The monoisotopic (exact) mass is 248 g/mol. The highest BCUT2D eigenvalue weighted by atomic mass is 16.2. The normalized spacial score (nSPS) is 31.2. The summed E-state index contributed by atoms with van der Waals surface area (Å²) in [6.45, 7) is 4.54. The summed E-state index contributed by atoms with van der Waals surface area (Å²) in [6, 6.07) is -0.243. The van der Waals surface area contributed by atoms with E-state index in [4.69, 9.17) is 0 Å². The van der Waals surface area contributed by atoms with Gasteiger partial charge < -0.3 is 4.90 Å². The lowest BCUT2D eigenvalue weighted by Crippen LogP contribution is -2.52. The van der Waals surface area contributed by atoms with Gasteiger partial charge in [0.05, 0.1) is 0 Å². The summed E-state index contributed by atoms with van der Waals surface area (Å²) in [6.07, 6.45) is 4.22. The molecule has 1 saturated heterocycles. The second-order valence-electron chi connectivity index (χ2n) is 5.30. The number of nitrogens with zero attached hydrogens (tertiary/aromatic N) is 1. The third-order valence-corrected chi connectivity index (χ3v) is 4.14. The lowest BCUT2D eigenvalue weighted by molar-refractivity contribution is -0.128. The SMILES string of the molecule is CC#CCCN1C(=O)NC(=O)C12CCC(C)CC2. The van der Waals surface area contributed by atoms with E-state index in [9.17, 15) is 9.59 Å². The minimum absolute atomic E-state index is 0.108. The van der Waals surface area contributed by atoms with Crippen LogP contribution in [0, 0.1) is 17.8 Å². The van der Waals surface area contributed by atoms with Crippen molar-refractivity contribution in [1.82, 2.24) is 10.2 Å². The van der Waals surface area contributed by atoms with Crippen LogP contribution in [0.25, 0.3) is 0 Å². The van der Waals surface area contributed by atoms with E-state index >= 15 is 0 Å². The van der Waals surface area contributed by atoms with Crippen LogP contribution in [-0.2, 0) is 4.79 Å². The Labute approximate surface area is 108 Å². The number of carbonyl (C=O) groups excluding carboxylic acids is 2. The van der Waals surface area contributed by atoms with E-state index in [1.165, 1.54) is 0 Å². The molecule has 0 bridgehead atoms. The van der Waals surface area contributed by atoms with Gasteiger partial charge in [-0.25, -0.2) is 4.79 Å². The molecule has 4 nitrogen and oxygen atoms in total. The molecule has 0 unspecified atom stereocenters. The molecule has 0 radical (unpaired) electrons. The Kier molecular flexibility index (Phi) is 3.60. The second kappa shape index (κ2) is 5.01. The maximum atomic E-state index is 12.1. The minimum atomic E-state index is -0.584. The first-order chi connectivity index (χ1) is 8.60. The van der Waals surface area contributed by atoms with Crippen LogP contribution in [0.15, 0.2) is 0 Å². The number of rotatable bonds is 2. The Morgan fingerprint density at radius 3 is 2.67 bits per heavy atom. The number of urea groups is 1. The molecule has 0 aromatic heterocycles. The summed E-state index contributed by atoms with van der Waals surface area (Å²) in [5, 5.41) is 2.47. The Morgan fingerprint density at radius 1 is 1.39 bits per heavy atom. The molecule has 1 N–H and O–H groups in total. The van der Waals surface area contributed by atoms with E-state index in [1.807, 2.05) is 0 Å². The average molecular weight is 248 g/mol. The van der Waals surface area contributed by atoms with E-state index in [0.717, 1.165) is 25.7 Å². The number of imide groups is 1. The average Bonchev–Trinajstić information content (AvgIpc) is 2.57. The molecule has 1 aliphatic heterocycles. The fourth-order valence-corrected chi connectivity index (χ4v) is 2.94. The van der Waals surface area contributed by atoms with Crippen molar-refractivity contribution >= 4 is 11.9 Å². The van der Waals surface area contributed by atoms with E-state index < -0.39 is 5.54 Å². The number of carbonyl (C=O) groups is 2. The van der Waals surface area contributed by atoms with Gasteiger partial charge >= 0.3 is 6.03 Å². The molecule has 2 aliphatic rings. The van der Waals surface area contributed by atoms with Crippen molar-refractivity contribution in [2.24, 2.45) is 5.92 Å². The van der Waals surface area contributed by atoms with Gasteiger partial charge in [0.2, 0.25) is 0 Å². The van der Waals surface area contributed by atoms with E-state index in [2.05, 4.69) is 24.1 Å². The molecule has 1 spiro atoms. The van der Waals surface area contributed by atoms with Crippen LogP contribution in [0.4, 0.5) is 4.79 Å². The summed E-state index contributed by atoms with van der Waals surface area (Å²) < 4.78 is 0. The Bertz CT molecular complexity index is 411. The number of nitrogens with one attached hydrogen (secondary N) is 1. The fourth-order valence-electron chi connectivity index (χ4n) is 2.94. The van der Waals surface area contributed by atoms with Gasteiger partial charge in [-0.1, -0.05) is 6.92 Å². The highest BCUT2D eigenvalue weighted by molar-refractivity contribution is 6.07. The van der Waals surface area contributed by atoms with Gasteiger partial charge in [-0.3, -0.25) is 10.1 Å².